The minimum Gasteiger partial charge on any atom is -0.468 e. The molecule has 3 fully saturated rings. The van der Waals surface area contributed by atoms with Crippen molar-refractivity contribution in [2.45, 2.75) is 57.9 Å². The molecule has 0 aromatic heterocycles. The fourth-order valence-electron chi connectivity index (χ4n) is 6.04. The molecule has 0 N–H and O–H groups in total. The van der Waals surface area contributed by atoms with Crippen LogP contribution in [0.1, 0.15) is 40.5 Å². The summed E-state index contributed by atoms with van der Waals surface area (Å²) in [5.74, 6) is -2.25. The van der Waals surface area contributed by atoms with Gasteiger partial charge in [-0.15, -0.1) is 0 Å². The maximum absolute atomic E-state index is 13.9. The first-order chi connectivity index (χ1) is 9.88. The van der Waals surface area contributed by atoms with Crippen molar-refractivity contribution in [3.8, 4) is 0 Å². The zero-order valence-electron chi connectivity index (χ0n) is 13.6. The van der Waals surface area contributed by atoms with Gasteiger partial charge in [-0.3, -0.25) is 4.79 Å². The molecule has 1 aliphatic heterocycles. The van der Waals surface area contributed by atoms with Gasteiger partial charge in [-0.05, 0) is 64.2 Å². The SMILES string of the molecule is COC(=O)C1(C(F)(F)F)CC2CC1C1C2C(C)(C)OC1(C)C. The Balaban J connectivity index is 2.10. The molecule has 22 heavy (non-hydrogen) atoms. The Morgan fingerprint density at radius 3 is 2.18 bits per heavy atom. The summed E-state index contributed by atoms with van der Waals surface area (Å²) >= 11 is 0. The van der Waals surface area contributed by atoms with Crippen LogP contribution in [0.4, 0.5) is 13.2 Å². The Bertz CT molecular complexity index is 511. The van der Waals surface area contributed by atoms with E-state index in [0.29, 0.717) is 6.42 Å². The van der Waals surface area contributed by atoms with Gasteiger partial charge < -0.3 is 9.47 Å². The van der Waals surface area contributed by atoms with Crippen LogP contribution < -0.4 is 0 Å². The van der Waals surface area contributed by atoms with E-state index in [1.807, 2.05) is 27.7 Å². The predicted molar refractivity (Wildman–Crippen MR) is 72.9 cm³/mol. The molecule has 2 aliphatic carbocycles. The number of methoxy groups -OCH3 is 1. The zero-order chi connectivity index (χ0) is 16.7. The second-order valence-corrected chi connectivity index (χ2v) is 8.13. The number of rotatable bonds is 1. The maximum atomic E-state index is 13.9. The van der Waals surface area contributed by atoms with Crippen LogP contribution in [0.15, 0.2) is 0 Å². The van der Waals surface area contributed by atoms with E-state index in [1.54, 1.807) is 0 Å². The first-order valence-electron chi connectivity index (χ1n) is 7.74. The van der Waals surface area contributed by atoms with Crippen molar-refractivity contribution < 1.29 is 27.4 Å². The average molecular weight is 320 g/mol. The van der Waals surface area contributed by atoms with Gasteiger partial charge in [0.25, 0.3) is 0 Å². The first-order valence-corrected chi connectivity index (χ1v) is 7.74. The molecule has 3 rings (SSSR count). The quantitative estimate of drug-likeness (QED) is 0.693. The third kappa shape index (κ3) is 1.70. The van der Waals surface area contributed by atoms with Gasteiger partial charge in [-0.1, -0.05) is 0 Å². The van der Waals surface area contributed by atoms with E-state index in [0.717, 1.165) is 7.11 Å². The fourth-order valence-corrected chi connectivity index (χ4v) is 6.04. The highest BCUT2D eigenvalue weighted by Crippen LogP contribution is 2.73. The number of carbonyl (C=O) groups excluding carboxylic acids is 1. The normalized spacial score (nSPS) is 44.9. The number of fused-ring (bicyclic) bond motifs is 5. The van der Waals surface area contributed by atoms with Crippen LogP contribution in [0.5, 0.6) is 0 Å². The van der Waals surface area contributed by atoms with Crippen molar-refractivity contribution in [3.05, 3.63) is 0 Å². The molecular formula is C16H23F3O3. The van der Waals surface area contributed by atoms with Gasteiger partial charge in [0, 0.05) is 0 Å². The van der Waals surface area contributed by atoms with Gasteiger partial charge in [0.1, 0.15) is 0 Å². The lowest BCUT2D eigenvalue weighted by molar-refractivity contribution is -0.255. The average Bonchev–Trinajstić information content (AvgIpc) is 2.95. The van der Waals surface area contributed by atoms with E-state index >= 15 is 0 Å². The van der Waals surface area contributed by atoms with Crippen LogP contribution in [0.3, 0.4) is 0 Å². The van der Waals surface area contributed by atoms with Gasteiger partial charge in [0.15, 0.2) is 5.41 Å². The van der Waals surface area contributed by atoms with Gasteiger partial charge >= 0.3 is 12.1 Å². The molecule has 3 aliphatic rings. The number of hydrogen-bond acceptors (Lipinski definition) is 3. The Labute approximate surface area is 128 Å². The summed E-state index contributed by atoms with van der Waals surface area (Å²) in [6, 6.07) is 0. The molecule has 2 bridgehead atoms. The number of esters is 1. The number of ether oxygens (including phenoxy) is 2. The second-order valence-electron chi connectivity index (χ2n) is 8.13. The summed E-state index contributed by atoms with van der Waals surface area (Å²) in [6.45, 7) is 7.60. The monoisotopic (exact) mass is 320 g/mol. The van der Waals surface area contributed by atoms with Crippen molar-refractivity contribution in [2.75, 3.05) is 7.11 Å². The van der Waals surface area contributed by atoms with Crippen LogP contribution in [-0.2, 0) is 14.3 Å². The lowest BCUT2D eigenvalue weighted by atomic mass is 9.59. The van der Waals surface area contributed by atoms with E-state index in [9.17, 15) is 18.0 Å². The highest BCUT2D eigenvalue weighted by molar-refractivity contribution is 5.79. The first kappa shape index (κ1) is 16.1. The van der Waals surface area contributed by atoms with Crippen molar-refractivity contribution in [1.82, 2.24) is 0 Å². The van der Waals surface area contributed by atoms with E-state index < -0.39 is 34.7 Å². The summed E-state index contributed by atoms with van der Waals surface area (Å²) in [4.78, 5) is 12.2. The molecule has 5 unspecified atom stereocenters. The van der Waals surface area contributed by atoms with E-state index in [2.05, 4.69) is 4.74 Å². The molecule has 0 radical (unpaired) electrons. The van der Waals surface area contributed by atoms with Gasteiger partial charge in [-0.25, -0.2) is 0 Å². The van der Waals surface area contributed by atoms with E-state index in [1.165, 1.54) is 0 Å². The third-order valence-corrected chi connectivity index (χ3v) is 6.29. The van der Waals surface area contributed by atoms with E-state index in [4.69, 9.17) is 4.74 Å². The summed E-state index contributed by atoms with van der Waals surface area (Å²) in [5.41, 5.74) is -3.49. The number of alkyl halides is 3. The fraction of sp³-hybridized carbons (Fsp3) is 0.938. The van der Waals surface area contributed by atoms with Crippen molar-refractivity contribution in [1.29, 1.82) is 0 Å². The van der Waals surface area contributed by atoms with Gasteiger partial charge in [0.2, 0.25) is 0 Å². The molecule has 0 aromatic carbocycles. The molecule has 0 aromatic rings. The summed E-state index contributed by atoms with van der Waals surface area (Å²) in [7, 11) is 1.04. The Hall–Kier alpha value is -0.780. The van der Waals surface area contributed by atoms with Crippen LogP contribution in [0, 0.1) is 29.1 Å². The van der Waals surface area contributed by atoms with Crippen molar-refractivity contribution >= 4 is 5.97 Å². The second kappa shape index (κ2) is 4.19. The molecule has 1 heterocycles. The van der Waals surface area contributed by atoms with E-state index in [-0.39, 0.29) is 24.2 Å². The van der Waals surface area contributed by atoms with Gasteiger partial charge in [-0.2, -0.15) is 13.2 Å². The number of halogens is 3. The smallest absolute Gasteiger partial charge is 0.405 e. The molecule has 1 saturated heterocycles. The highest BCUT2D eigenvalue weighted by Gasteiger charge is 2.79. The third-order valence-electron chi connectivity index (χ3n) is 6.29. The van der Waals surface area contributed by atoms with Crippen LogP contribution in [0.25, 0.3) is 0 Å². The summed E-state index contributed by atoms with van der Waals surface area (Å²) in [6.07, 6.45) is -4.33. The number of hydrogen-bond donors (Lipinski definition) is 0. The molecule has 6 heteroatoms. The molecule has 3 nitrogen and oxygen atoms in total. The lowest BCUT2D eigenvalue weighted by Crippen LogP contribution is -2.55. The Morgan fingerprint density at radius 1 is 1.14 bits per heavy atom. The van der Waals surface area contributed by atoms with Crippen LogP contribution in [-0.4, -0.2) is 30.5 Å². The minimum atomic E-state index is -4.59. The van der Waals surface area contributed by atoms with Crippen molar-refractivity contribution in [2.24, 2.45) is 29.1 Å². The van der Waals surface area contributed by atoms with Crippen LogP contribution in [0.2, 0.25) is 0 Å². The lowest BCUT2D eigenvalue weighted by Gasteiger charge is -2.44. The molecule has 126 valence electrons. The van der Waals surface area contributed by atoms with Crippen LogP contribution >= 0.6 is 0 Å². The molecule has 5 atom stereocenters. The zero-order valence-corrected chi connectivity index (χ0v) is 13.6. The molecule has 2 saturated carbocycles. The standard InChI is InChI=1S/C16H23F3O3/c1-13(2)10-8-6-9(11(10)14(3,4)22-13)15(7-8,12(20)21-5)16(17,18)19/h8-11H,6-7H2,1-5H3. The largest absolute Gasteiger partial charge is 0.468 e. The maximum Gasteiger partial charge on any atom is 0.405 e. The minimum absolute atomic E-state index is 0.0626. The van der Waals surface area contributed by atoms with Crippen molar-refractivity contribution in [3.63, 3.8) is 0 Å². The molecule has 0 amide bonds. The Kier molecular flexibility index (Phi) is 3.06. The highest BCUT2D eigenvalue weighted by atomic mass is 19.4. The molecular weight excluding hydrogens is 297 g/mol. The summed E-state index contributed by atoms with van der Waals surface area (Å²) in [5, 5.41) is 0. The Morgan fingerprint density at radius 2 is 1.68 bits per heavy atom. The topological polar surface area (TPSA) is 35.5 Å². The number of carbonyl (C=O) groups is 1. The summed E-state index contributed by atoms with van der Waals surface area (Å²) < 4.78 is 52.3. The van der Waals surface area contributed by atoms with Gasteiger partial charge in [0.05, 0.1) is 18.3 Å². The molecule has 0 spiro atoms. The predicted octanol–water partition coefficient (Wildman–Crippen LogP) is 3.57.